The third-order valence-corrected chi connectivity index (χ3v) is 0.846. The maximum Gasteiger partial charge on any atom is 0.471 e. The van der Waals surface area contributed by atoms with Crippen LogP contribution in [-0.2, 0) is 14.6 Å². The van der Waals surface area contributed by atoms with Crippen molar-refractivity contribution < 1.29 is 27.7 Å². The molecular formula is C5H8F3NO3. The zero-order valence-corrected chi connectivity index (χ0v) is 6.27. The fourth-order valence-electron chi connectivity index (χ4n) is 0.390. The Bertz CT molecular complexity index is 147. The summed E-state index contributed by atoms with van der Waals surface area (Å²) in [5.74, 6) is -1.98. The molecule has 0 aromatic rings. The van der Waals surface area contributed by atoms with Crippen molar-refractivity contribution in [3.63, 3.8) is 0 Å². The standard InChI is InChI=1S/C5H8F3NO3/c1-11-12-3-2-9-4(10)5(6,7)8/h2-3H2,1H3,(H,9,10). The van der Waals surface area contributed by atoms with Crippen molar-refractivity contribution in [2.24, 2.45) is 0 Å². The second kappa shape index (κ2) is 4.94. The van der Waals surface area contributed by atoms with Crippen LogP contribution >= 0.6 is 0 Å². The molecule has 4 nitrogen and oxygen atoms in total. The van der Waals surface area contributed by atoms with Crippen molar-refractivity contribution in [3.05, 3.63) is 0 Å². The predicted octanol–water partition coefficient (Wildman–Crippen LogP) is 0.243. The molecule has 0 saturated carbocycles. The van der Waals surface area contributed by atoms with E-state index in [4.69, 9.17) is 0 Å². The number of halogens is 3. The quantitative estimate of drug-likeness (QED) is 0.389. The minimum atomic E-state index is -4.84. The van der Waals surface area contributed by atoms with Gasteiger partial charge in [-0.3, -0.25) is 4.79 Å². The van der Waals surface area contributed by atoms with Gasteiger partial charge in [-0.15, -0.1) is 0 Å². The van der Waals surface area contributed by atoms with E-state index in [1.165, 1.54) is 7.11 Å². The Morgan fingerprint density at radius 2 is 2.08 bits per heavy atom. The smallest absolute Gasteiger partial charge is 0.346 e. The van der Waals surface area contributed by atoms with Crippen molar-refractivity contribution in [2.45, 2.75) is 6.18 Å². The van der Waals surface area contributed by atoms with Crippen LogP contribution in [0.5, 0.6) is 0 Å². The molecule has 0 fully saturated rings. The Morgan fingerprint density at radius 1 is 1.50 bits per heavy atom. The average molecular weight is 187 g/mol. The molecule has 1 amide bonds. The van der Waals surface area contributed by atoms with Crippen LogP contribution in [0.25, 0.3) is 0 Å². The molecule has 1 N–H and O–H groups in total. The molecule has 0 rings (SSSR count). The van der Waals surface area contributed by atoms with Gasteiger partial charge >= 0.3 is 12.1 Å². The van der Waals surface area contributed by atoms with Crippen molar-refractivity contribution >= 4 is 5.91 Å². The molecule has 0 aromatic heterocycles. The molecule has 0 aliphatic carbocycles. The lowest BCUT2D eigenvalue weighted by Crippen LogP contribution is -2.38. The first-order chi connectivity index (χ1) is 5.48. The summed E-state index contributed by atoms with van der Waals surface area (Å²) < 4.78 is 34.4. The molecule has 7 heteroatoms. The van der Waals surface area contributed by atoms with Crippen LogP contribution in [-0.4, -0.2) is 32.3 Å². The van der Waals surface area contributed by atoms with Crippen LogP contribution in [0.15, 0.2) is 0 Å². The summed E-state index contributed by atoms with van der Waals surface area (Å²) in [6.07, 6.45) is -4.84. The van der Waals surface area contributed by atoms with Crippen molar-refractivity contribution in [2.75, 3.05) is 20.3 Å². The van der Waals surface area contributed by atoms with Gasteiger partial charge in [0.25, 0.3) is 0 Å². The molecule has 72 valence electrons. The van der Waals surface area contributed by atoms with Gasteiger partial charge in [0.15, 0.2) is 0 Å². The number of nitrogens with one attached hydrogen (secondary N) is 1. The Kier molecular flexibility index (Phi) is 4.60. The lowest BCUT2D eigenvalue weighted by atomic mass is 10.5. The first-order valence-corrected chi connectivity index (χ1v) is 2.99. The van der Waals surface area contributed by atoms with Crippen LogP contribution in [0.2, 0.25) is 0 Å². The summed E-state index contributed by atoms with van der Waals surface area (Å²) >= 11 is 0. The number of rotatable bonds is 4. The molecule has 0 radical (unpaired) electrons. The lowest BCUT2D eigenvalue weighted by Gasteiger charge is -2.06. The summed E-state index contributed by atoms with van der Waals surface area (Å²) in [5, 5.41) is 1.59. The minimum absolute atomic E-state index is 0.127. The van der Waals surface area contributed by atoms with Gasteiger partial charge in [0.05, 0.1) is 13.7 Å². The Balaban J connectivity index is 3.45. The lowest BCUT2D eigenvalue weighted by molar-refractivity contribution is -0.270. The highest BCUT2D eigenvalue weighted by atomic mass is 19.4. The molecule has 0 aliphatic rings. The van der Waals surface area contributed by atoms with Gasteiger partial charge in [-0.05, 0) is 0 Å². The molecule has 0 aliphatic heterocycles. The fraction of sp³-hybridized carbons (Fsp3) is 0.800. The zero-order valence-electron chi connectivity index (χ0n) is 6.27. The van der Waals surface area contributed by atoms with E-state index in [2.05, 4.69) is 9.78 Å². The first-order valence-electron chi connectivity index (χ1n) is 2.99. The predicted molar refractivity (Wildman–Crippen MR) is 32.0 cm³/mol. The van der Waals surface area contributed by atoms with Gasteiger partial charge in [0.1, 0.15) is 0 Å². The molecule has 0 atom stereocenters. The van der Waals surface area contributed by atoms with E-state index in [1.54, 1.807) is 5.32 Å². The first kappa shape index (κ1) is 11.2. The number of hydrogen-bond acceptors (Lipinski definition) is 3. The maximum absolute atomic E-state index is 11.5. The summed E-state index contributed by atoms with van der Waals surface area (Å²) in [7, 11) is 1.21. The molecule has 12 heavy (non-hydrogen) atoms. The van der Waals surface area contributed by atoms with Crippen LogP contribution in [0, 0.1) is 0 Å². The van der Waals surface area contributed by atoms with E-state index in [0.29, 0.717) is 0 Å². The van der Waals surface area contributed by atoms with Crippen molar-refractivity contribution in [3.8, 4) is 0 Å². The van der Waals surface area contributed by atoms with Gasteiger partial charge < -0.3 is 5.32 Å². The Labute approximate surface area is 66.6 Å². The minimum Gasteiger partial charge on any atom is -0.346 e. The third kappa shape index (κ3) is 4.91. The third-order valence-electron chi connectivity index (χ3n) is 0.846. The molecule has 0 aromatic carbocycles. The van der Waals surface area contributed by atoms with Crippen LogP contribution in [0.1, 0.15) is 0 Å². The maximum atomic E-state index is 11.5. The van der Waals surface area contributed by atoms with E-state index in [-0.39, 0.29) is 13.2 Å². The normalized spacial score (nSPS) is 11.3. The summed E-state index contributed by atoms with van der Waals surface area (Å²) in [6, 6.07) is 0. The van der Waals surface area contributed by atoms with Gasteiger partial charge in [-0.25, -0.2) is 9.78 Å². The number of amides is 1. The fourth-order valence-corrected chi connectivity index (χ4v) is 0.390. The largest absolute Gasteiger partial charge is 0.471 e. The van der Waals surface area contributed by atoms with Gasteiger partial charge in [0, 0.05) is 6.54 Å². The summed E-state index contributed by atoms with van der Waals surface area (Å²) in [4.78, 5) is 18.4. The van der Waals surface area contributed by atoms with Gasteiger partial charge in [-0.2, -0.15) is 13.2 Å². The average Bonchev–Trinajstić information content (AvgIpc) is 1.96. The zero-order chi connectivity index (χ0) is 9.61. The number of carbonyl (C=O) groups excluding carboxylic acids is 1. The highest BCUT2D eigenvalue weighted by Gasteiger charge is 2.38. The van der Waals surface area contributed by atoms with Crippen molar-refractivity contribution in [1.29, 1.82) is 0 Å². The van der Waals surface area contributed by atoms with Crippen LogP contribution < -0.4 is 5.32 Å². The molecular weight excluding hydrogens is 179 g/mol. The number of alkyl halides is 3. The van der Waals surface area contributed by atoms with Crippen LogP contribution in [0.3, 0.4) is 0 Å². The monoisotopic (exact) mass is 187 g/mol. The molecule has 0 bridgehead atoms. The summed E-state index contributed by atoms with van der Waals surface area (Å²) in [6.45, 7) is -0.371. The van der Waals surface area contributed by atoms with Crippen LogP contribution in [0.4, 0.5) is 13.2 Å². The van der Waals surface area contributed by atoms with E-state index in [0.717, 1.165) is 0 Å². The van der Waals surface area contributed by atoms with E-state index >= 15 is 0 Å². The highest BCUT2D eigenvalue weighted by molar-refractivity contribution is 5.81. The van der Waals surface area contributed by atoms with Crippen molar-refractivity contribution in [1.82, 2.24) is 5.32 Å². The van der Waals surface area contributed by atoms with E-state index in [9.17, 15) is 18.0 Å². The van der Waals surface area contributed by atoms with Gasteiger partial charge in [-0.1, -0.05) is 0 Å². The molecule has 0 spiro atoms. The SMILES string of the molecule is COOCCNC(=O)C(F)(F)F. The number of hydrogen-bond donors (Lipinski definition) is 1. The van der Waals surface area contributed by atoms with E-state index in [1.807, 2.05) is 0 Å². The van der Waals surface area contributed by atoms with Gasteiger partial charge in [0.2, 0.25) is 0 Å². The van der Waals surface area contributed by atoms with E-state index < -0.39 is 12.1 Å². The molecule has 0 saturated heterocycles. The second-order valence-electron chi connectivity index (χ2n) is 1.74. The Morgan fingerprint density at radius 3 is 2.50 bits per heavy atom. The summed E-state index contributed by atoms with van der Waals surface area (Å²) in [5.41, 5.74) is 0. The highest BCUT2D eigenvalue weighted by Crippen LogP contribution is 2.13. The molecule has 0 heterocycles. The topological polar surface area (TPSA) is 47.6 Å². The Hall–Kier alpha value is -0.820. The molecule has 0 unspecified atom stereocenters. The number of carbonyl (C=O) groups is 1. The second-order valence-corrected chi connectivity index (χ2v) is 1.74.